The summed E-state index contributed by atoms with van der Waals surface area (Å²) in [7, 11) is 1.63. The molecule has 8 nitrogen and oxygen atoms in total. The average molecular weight is 359 g/mol. The molecule has 1 aliphatic heterocycles. The largest absolute Gasteiger partial charge is 0.381 e. The molecule has 2 amide bonds. The fraction of sp³-hybridized carbons (Fsp3) is 0.556. The number of pyridine rings is 1. The van der Waals surface area contributed by atoms with E-state index in [-0.39, 0.29) is 29.9 Å². The van der Waals surface area contributed by atoms with E-state index >= 15 is 0 Å². The van der Waals surface area contributed by atoms with Gasteiger partial charge in [0.25, 0.3) is 5.91 Å². The third-order valence-corrected chi connectivity index (χ3v) is 5.01. The summed E-state index contributed by atoms with van der Waals surface area (Å²) in [6.07, 6.45) is 2.86. The van der Waals surface area contributed by atoms with Gasteiger partial charge in [0, 0.05) is 26.4 Å². The lowest BCUT2D eigenvalue weighted by Gasteiger charge is -2.20. The molecular formula is C18H25N5O3. The summed E-state index contributed by atoms with van der Waals surface area (Å²) in [4.78, 5) is 26.9. The van der Waals surface area contributed by atoms with Gasteiger partial charge in [-0.25, -0.2) is 4.52 Å². The average Bonchev–Trinajstić information content (AvgIpc) is 3.23. The van der Waals surface area contributed by atoms with E-state index in [1.54, 1.807) is 28.8 Å². The van der Waals surface area contributed by atoms with E-state index in [4.69, 9.17) is 4.74 Å². The highest BCUT2D eigenvalue weighted by atomic mass is 16.5. The van der Waals surface area contributed by atoms with Gasteiger partial charge < -0.3 is 15.0 Å². The molecule has 0 saturated carbocycles. The highest BCUT2D eigenvalue weighted by Gasteiger charge is 2.34. The minimum absolute atomic E-state index is 0.0607. The van der Waals surface area contributed by atoms with Gasteiger partial charge in [0.2, 0.25) is 5.91 Å². The Bertz CT molecular complexity index is 786. The van der Waals surface area contributed by atoms with Crippen LogP contribution in [0.3, 0.4) is 0 Å². The van der Waals surface area contributed by atoms with E-state index in [1.807, 2.05) is 26.0 Å². The van der Waals surface area contributed by atoms with Crippen LogP contribution in [0.1, 0.15) is 37.2 Å². The van der Waals surface area contributed by atoms with Gasteiger partial charge in [-0.15, -0.1) is 5.10 Å². The monoisotopic (exact) mass is 359 g/mol. The Hall–Kier alpha value is -2.48. The van der Waals surface area contributed by atoms with Gasteiger partial charge in [-0.1, -0.05) is 25.1 Å². The first-order valence-electron chi connectivity index (χ1n) is 8.95. The second kappa shape index (κ2) is 7.82. The molecule has 0 aromatic carbocycles. The van der Waals surface area contributed by atoms with Crippen molar-refractivity contribution in [2.75, 3.05) is 20.2 Å². The third kappa shape index (κ3) is 3.70. The number of fused-ring (bicyclic) bond motifs is 1. The Morgan fingerprint density at radius 1 is 1.38 bits per heavy atom. The van der Waals surface area contributed by atoms with Crippen LogP contribution in [0, 0.1) is 5.92 Å². The predicted octanol–water partition coefficient (Wildman–Crippen LogP) is 1.12. The molecule has 3 atom stereocenters. The van der Waals surface area contributed by atoms with Gasteiger partial charge in [0.05, 0.1) is 24.1 Å². The zero-order valence-electron chi connectivity index (χ0n) is 15.4. The highest BCUT2D eigenvalue weighted by molar-refractivity contribution is 5.98. The molecule has 0 spiro atoms. The molecule has 2 aromatic heterocycles. The number of rotatable bonds is 6. The molecule has 1 fully saturated rings. The molecule has 26 heavy (non-hydrogen) atoms. The van der Waals surface area contributed by atoms with Crippen LogP contribution in [0.25, 0.3) is 5.52 Å². The lowest BCUT2D eigenvalue weighted by atomic mass is 10.1. The maximum absolute atomic E-state index is 12.6. The Morgan fingerprint density at radius 3 is 2.92 bits per heavy atom. The van der Waals surface area contributed by atoms with Crippen LogP contribution >= 0.6 is 0 Å². The van der Waals surface area contributed by atoms with Gasteiger partial charge >= 0.3 is 0 Å². The van der Waals surface area contributed by atoms with Gasteiger partial charge in [-0.05, 0) is 24.5 Å². The quantitative estimate of drug-likeness (QED) is 0.835. The van der Waals surface area contributed by atoms with Gasteiger partial charge in [-0.2, -0.15) is 0 Å². The molecule has 0 bridgehead atoms. The van der Waals surface area contributed by atoms with E-state index in [2.05, 4.69) is 15.6 Å². The SMILES string of the molecule is CCC(CC(=O)N1CC(C)C(NC(=O)c2nnn3ccccc23)C1)OC. The summed E-state index contributed by atoms with van der Waals surface area (Å²) >= 11 is 0. The molecular weight excluding hydrogens is 334 g/mol. The van der Waals surface area contributed by atoms with Crippen molar-refractivity contribution in [2.24, 2.45) is 5.92 Å². The van der Waals surface area contributed by atoms with Gasteiger partial charge in [-0.3, -0.25) is 9.59 Å². The maximum atomic E-state index is 12.6. The summed E-state index contributed by atoms with van der Waals surface area (Å²) in [6, 6.07) is 5.37. The van der Waals surface area contributed by atoms with E-state index < -0.39 is 0 Å². The van der Waals surface area contributed by atoms with E-state index in [0.29, 0.717) is 30.7 Å². The first-order valence-corrected chi connectivity index (χ1v) is 8.95. The number of amides is 2. The Balaban J connectivity index is 1.63. The molecule has 3 rings (SSSR count). The van der Waals surface area contributed by atoms with Crippen LogP contribution in [0.2, 0.25) is 0 Å². The summed E-state index contributed by atoms with van der Waals surface area (Å²) in [5.41, 5.74) is 0.961. The fourth-order valence-corrected chi connectivity index (χ4v) is 3.32. The van der Waals surface area contributed by atoms with Crippen molar-refractivity contribution in [2.45, 2.75) is 38.8 Å². The van der Waals surface area contributed by atoms with Crippen LogP contribution in [-0.2, 0) is 9.53 Å². The summed E-state index contributed by atoms with van der Waals surface area (Å²) in [5.74, 6) is -0.0237. The van der Waals surface area contributed by atoms with Crippen LogP contribution < -0.4 is 5.32 Å². The first kappa shape index (κ1) is 18.3. The topological polar surface area (TPSA) is 88.8 Å². The number of nitrogens with zero attached hydrogens (tertiary/aromatic N) is 4. The number of nitrogens with one attached hydrogen (secondary N) is 1. The first-order chi connectivity index (χ1) is 12.5. The van der Waals surface area contributed by atoms with Crippen molar-refractivity contribution in [3.8, 4) is 0 Å². The number of hydrogen-bond donors (Lipinski definition) is 1. The smallest absolute Gasteiger partial charge is 0.274 e. The van der Waals surface area contributed by atoms with Crippen LogP contribution in [-0.4, -0.2) is 63.9 Å². The van der Waals surface area contributed by atoms with Crippen LogP contribution in [0.4, 0.5) is 0 Å². The molecule has 3 unspecified atom stereocenters. The molecule has 8 heteroatoms. The predicted molar refractivity (Wildman–Crippen MR) is 95.7 cm³/mol. The molecule has 1 aliphatic rings. The van der Waals surface area contributed by atoms with E-state index in [9.17, 15) is 9.59 Å². The zero-order chi connectivity index (χ0) is 18.7. The van der Waals surface area contributed by atoms with Crippen molar-refractivity contribution < 1.29 is 14.3 Å². The molecule has 1 N–H and O–H groups in total. The van der Waals surface area contributed by atoms with E-state index in [1.165, 1.54) is 0 Å². The molecule has 2 aromatic rings. The second-order valence-electron chi connectivity index (χ2n) is 6.79. The summed E-state index contributed by atoms with van der Waals surface area (Å²) < 4.78 is 6.87. The van der Waals surface area contributed by atoms with Crippen molar-refractivity contribution in [1.29, 1.82) is 0 Å². The minimum Gasteiger partial charge on any atom is -0.381 e. The Kier molecular flexibility index (Phi) is 5.51. The second-order valence-corrected chi connectivity index (χ2v) is 6.79. The van der Waals surface area contributed by atoms with Gasteiger partial charge in [0.1, 0.15) is 0 Å². The number of hydrogen-bond acceptors (Lipinski definition) is 5. The highest BCUT2D eigenvalue weighted by Crippen LogP contribution is 2.19. The minimum atomic E-state index is -0.263. The maximum Gasteiger partial charge on any atom is 0.274 e. The number of likely N-dealkylation sites (tertiary alicyclic amines) is 1. The Morgan fingerprint density at radius 2 is 2.19 bits per heavy atom. The van der Waals surface area contributed by atoms with Crippen LogP contribution in [0.15, 0.2) is 24.4 Å². The lowest BCUT2D eigenvalue weighted by Crippen LogP contribution is -2.41. The van der Waals surface area contributed by atoms with Gasteiger partial charge in [0.15, 0.2) is 5.69 Å². The molecule has 1 saturated heterocycles. The number of methoxy groups -OCH3 is 1. The number of aromatic nitrogens is 3. The fourth-order valence-electron chi connectivity index (χ4n) is 3.32. The van der Waals surface area contributed by atoms with E-state index in [0.717, 1.165) is 6.42 Å². The lowest BCUT2D eigenvalue weighted by molar-refractivity contribution is -0.132. The summed E-state index contributed by atoms with van der Waals surface area (Å²) in [6.45, 7) is 5.17. The van der Waals surface area contributed by atoms with Crippen LogP contribution in [0.5, 0.6) is 0 Å². The molecule has 0 aliphatic carbocycles. The number of carbonyl (C=O) groups is 2. The third-order valence-electron chi connectivity index (χ3n) is 5.01. The zero-order valence-corrected chi connectivity index (χ0v) is 15.4. The van der Waals surface area contributed by atoms with Crippen molar-refractivity contribution >= 4 is 17.3 Å². The number of carbonyl (C=O) groups excluding carboxylic acids is 2. The normalized spacial score (nSPS) is 21.1. The van der Waals surface area contributed by atoms with Crippen molar-refractivity contribution in [1.82, 2.24) is 25.0 Å². The summed E-state index contributed by atoms with van der Waals surface area (Å²) in [5, 5.41) is 10.9. The Labute approximate surface area is 152 Å². The molecule has 3 heterocycles. The van der Waals surface area contributed by atoms with Crippen molar-refractivity contribution in [3.05, 3.63) is 30.1 Å². The van der Waals surface area contributed by atoms with Crippen molar-refractivity contribution in [3.63, 3.8) is 0 Å². The molecule has 0 radical (unpaired) electrons. The molecule has 140 valence electrons. The standard InChI is InChI=1S/C18H25N5O3/c1-4-13(26-3)9-16(24)22-10-12(2)14(11-22)19-18(25)17-15-7-5-6-8-23(15)21-20-17/h5-8,12-14H,4,9-11H2,1-3H3,(H,19,25). The number of ether oxygens (including phenoxy) is 1.